The fourth-order valence-electron chi connectivity index (χ4n) is 2.08. The molecule has 0 saturated carbocycles. The Bertz CT molecular complexity index is 707. The molecule has 2 aromatic heterocycles. The highest BCUT2D eigenvalue weighted by Gasteiger charge is 2.09. The van der Waals surface area contributed by atoms with Gasteiger partial charge in [-0.1, -0.05) is 12.1 Å². The van der Waals surface area contributed by atoms with Crippen molar-refractivity contribution in [2.24, 2.45) is 7.05 Å². The van der Waals surface area contributed by atoms with Crippen molar-refractivity contribution in [3.8, 4) is 0 Å². The van der Waals surface area contributed by atoms with Gasteiger partial charge in [0.15, 0.2) is 0 Å². The maximum atomic E-state index is 12.1. The van der Waals surface area contributed by atoms with Crippen molar-refractivity contribution in [3.63, 3.8) is 0 Å². The molecule has 3 rings (SSSR count). The van der Waals surface area contributed by atoms with E-state index in [1.54, 1.807) is 15.9 Å². The van der Waals surface area contributed by atoms with Crippen molar-refractivity contribution in [3.05, 3.63) is 57.1 Å². The van der Waals surface area contributed by atoms with Crippen LogP contribution in [0.5, 0.6) is 0 Å². The number of aromatic nitrogens is 2. The zero-order valence-electron chi connectivity index (χ0n) is 9.46. The second-order valence-corrected chi connectivity index (χ2v) is 4.83. The lowest BCUT2D eigenvalue weighted by Crippen LogP contribution is -2.22. The van der Waals surface area contributed by atoms with E-state index >= 15 is 0 Å². The molecule has 1 aromatic carbocycles. The van der Waals surface area contributed by atoms with Crippen molar-refractivity contribution in [1.29, 1.82) is 0 Å². The van der Waals surface area contributed by atoms with E-state index < -0.39 is 0 Å². The van der Waals surface area contributed by atoms with Crippen LogP contribution in [0.2, 0.25) is 0 Å². The maximum absolute atomic E-state index is 12.1. The molecule has 2 heterocycles. The molecule has 0 radical (unpaired) electrons. The summed E-state index contributed by atoms with van der Waals surface area (Å²) in [6.45, 7) is 0.643. The van der Waals surface area contributed by atoms with Gasteiger partial charge in [0.25, 0.3) is 0 Å². The number of aryl methyl sites for hydroxylation is 1. The van der Waals surface area contributed by atoms with Gasteiger partial charge in [-0.25, -0.2) is 4.79 Å². The van der Waals surface area contributed by atoms with Crippen molar-refractivity contribution < 1.29 is 0 Å². The number of thiophene rings is 1. The first-order valence-corrected chi connectivity index (χ1v) is 6.37. The minimum absolute atomic E-state index is 0.0393. The highest BCUT2D eigenvalue weighted by atomic mass is 32.1. The van der Waals surface area contributed by atoms with Gasteiger partial charge in [-0.3, -0.25) is 9.13 Å². The van der Waals surface area contributed by atoms with Crippen LogP contribution < -0.4 is 5.69 Å². The molecule has 0 aliphatic rings. The van der Waals surface area contributed by atoms with Crippen LogP contribution in [0.4, 0.5) is 0 Å². The largest absolute Gasteiger partial charge is 0.329 e. The molecule has 0 unspecified atom stereocenters. The molecule has 3 nitrogen and oxygen atoms in total. The summed E-state index contributed by atoms with van der Waals surface area (Å²) in [5.74, 6) is 0. The second-order valence-electron chi connectivity index (χ2n) is 4.05. The van der Waals surface area contributed by atoms with E-state index in [9.17, 15) is 4.79 Å². The molecule has 17 heavy (non-hydrogen) atoms. The summed E-state index contributed by atoms with van der Waals surface area (Å²) >= 11 is 1.65. The van der Waals surface area contributed by atoms with Crippen molar-refractivity contribution in [2.75, 3.05) is 0 Å². The van der Waals surface area contributed by atoms with Gasteiger partial charge in [0.05, 0.1) is 17.6 Å². The summed E-state index contributed by atoms with van der Waals surface area (Å²) < 4.78 is 3.51. The number of rotatable bonds is 2. The Morgan fingerprint density at radius 3 is 2.65 bits per heavy atom. The summed E-state index contributed by atoms with van der Waals surface area (Å²) in [5.41, 5.74) is 3.18. The van der Waals surface area contributed by atoms with Gasteiger partial charge < -0.3 is 0 Å². The van der Waals surface area contributed by atoms with Gasteiger partial charge in [0, 0.05) is 7.05 Å². The molecular weight excluding hydrogens is 232 g/mol. The molecule has 0 amide bonds. The Kier molecular flexibility index (Phi) is 2.37. The van der Waals surface area contributed by atoms with Crippen LogP contribution in [-0.4, -0.2) is 9.13 Å². The van der Waals surface area contributed by atoms with Crippen LogP contribution in [0.3, 0.4) is 0 Å². The Hall–Kier alpha value is -1.81. The third-order valence-corrected chi connectivity index (χ3v) is 3.70. The smallest absolute Gasteiger partial charge is 0.295 e. The minimum Gasteiger partial charge on any atom is -0.295 e. The summed E-state index contributed by atoms with van der Waals surface area (Å²) in [6.07, 6.45) is 0. The molecule has 0 spiro atoms. The maximum Gasteiger partial charge on any atom is 0.329 e. The number of para-hydroxylation sites is 2. The van der Waals surface area contributed by atoms with Crippen LogP contribution in [0.15, 0.2) is 45.9 Å². The van der Waals surface area contributed by atoms with Crippen molar-refractivity contribution in [2.45, 2.75) is 6.54 Å². The highest BCUT2D eigenvalue weighted by molar-refractivity contribution is 7.07. The predicted molar refractivity (Wildman–Crippen MR) is 70.6 cm³/mol. The van der Waals surface area contributed by atoms with E-state index in [1.807, 2.05) is 41.3 Å². The number of fused-ring (bicyclic) bond motifs is 1. The first kappa shape index (κ1) is 10.4. The SMILES string of the molecule is Cn1c(=O)n(Cc2ccsc2)c2ccccc21. The first-order valence-electron chi connectivity index (χ1n) is 5.42. The molecule has 0 atom stereocenters. The molecular formula is C13H12N2OS. The minimum atomic E-state index is 0.0393. The molecule has 86 valence electrons. The molecule has 0 bridgehead atoms. The molecule has 0 saturated heterocycles. The summed E-state index contributed by atoms with van der Waals surface area (Å²) in [6, 6.07) is 9.94. The van der Waals surface area contributed by atoms with Crippen LogP contribution in [0, 0.1) is 0 Å². The average molecular weight is 244 g/mol. The Morgan fingerprint density at radius 2 is 1.94 bits per heavy atom. The summed E-state index contributed by atoms with van der Waals surface area (Å²) in [4.78, 5) is 12.1. The molecule has 0 aliphatic heterocycles. The molecule has 0 fully saturated rings. The van der Waals surface area contributed by atoms with E-state index in [2.05, 4.69) is 11.4 Å². The Balaban J connectivity index is 2.22. The standard InChI is InChI=1S/C13H12N2OS/c1-14-11-4-2-3-5-12(11)15(13(14)16)8-10-6-7-17-9-10/h2-7,9H,8H2,1H3. The average Bonchev–Trinajstić information content (AvgIpc) is 2.94. The fourth-order valence-corrected chi connectivity index (χ4v) is 2.74. The van der Waals surface area contributed by atoms with E-state index in [0.29, 0.717) is 6.54 Å². The van der Waals surface area contributed by atoms with Gasteiger partial charge >= 0.3 is 5.69 Å². The zero-order valence-corrected chi connectivity index (χ0v) is 10.3. The van der Waals surface area contributed by atoms with Crippen LogP contribution in [0.25, 0.3) is 11.0 Å². The van der Waals surface area contributed by atoms with Gasteiger partial charge in [-0.05, 0) is 34.5 Å². The topological polar surface area (TPSA) is 26.9 Å². The number of hydrogen-bond acceptors (Lipinski definition) is 2. The van der Waals surface area contributed by atoms with E-state index in [1.165, 1.54) is 5.56 Å². The number of hydrogen-bond donors (Lipinski definition) is 0. The predicted octanol–water partition coefficient (Wildman–Crippen LogP) is 2.45. The Labute approximate surface area is 103 Å². The zero-order chi connectivity index (χ0) is 11.8. The van der Waals surface area contributed by atoms with Crippen molar-refractivity contribution in [1.82, 2.24) is 9.13 Å². The normalized spacial score (nSPS) is 11.1. The van der Waals surface area contributed by atoms with Gasteiger partial charge in [-0.2, -0.15) is 11.3 Å². The Morgan fingerprint density at radius 1 is 1.18 bits per heavy atom. The van der Waals surface area contributed by atoms with E-state index in [0.717, 1.165) is 11.0 Å². The molecule has 3 aromatic rings. The number of benzene rings is 1. The fraction of sp³-hybridized carbons (Fsp3) is 0.154. The van der Waals surface area contributed by atoms with E-state index in [4.69, 9.17) is 0 Å². The first-order chi connectivity index (χ1) is 8.27. The molecule has 0 aliphatic carbocycles. The van der Waals surface area contributed by atoms with Gasteiger partial charge in [0.2, 0.25) is 0 Å². The van der Waals surface area contributed by atoms with Crippen LogP contribution in [0.1, 0.15) is 5.56 Å². The van der Waals surface area contributed by atoms with Gasteiger partial charge in [-0.15, -0.1) is 0 Å². The third-order valence-electron chi connectivity index (χ3n) is 2.97. The monoisotopic (exact) mass is 244 g/mol. The molecule has 0 N–H and O–H groups in total. The highest BCUT2D eigenvalue weighted by Crippen LogP contribution is 2.14. The van der Waals surface area contributed by atoms with Gasteiger partial charge in [0.1, 0.15) is 0 Å². The summed E-state index contributed by atoms with van der Waals surface area (Å²) in [5, 5.41) is 4.11. The van der Waals surface area contributed by atoms with Crippen molar-refractivity contribution >= 4 is 22.4 Å². The van der Waals surface area contributed by atoms with Crippen LogP contribution >= 0.6 is 11.3 Å². The second kappa shape index (κ2) is 3.89. The number of nitrogens with zero attached hydrogens (tertiary/aromatic N) is 2. The number of imidazole rings is 1. The third kappa shape index (κ3) is 1.61. The quantitative estimate of drug-likeness (QED) is 0.680. The molecule has 4 heteroatoms. The van der Waals surface area contributed by atoms with Crippen LogP contribution in [-0.2, 0) is 13.6 Å². The lowest BCUT2D eigenvalue weighted by Gasteiger charge is -2.00. The lowest BCUT2D eigenvalue weighted by molar-refractivity contribution is 0.737. The van der Waals surface area contributed by atoms with E-state index in [-0.39, 0.29) is 5.69 Å². The summed E-state index contributed by atoms with van der Waals surface area (Å²) in [7, 11) is 1.81. The lowest BCUT2D eigenvalue weighted by atomic mass is 10.3.